The molecule has 0 spiro atoms. The number of hydrogen-bond donors (Lipinski definition) is 1. The van der Waals surface area contributed by atoms with Gasteiger partial charge in [0.1, 0.15) is 0 Å². The first-order chi connectivity index (χ1) is 11.4. The van der Waals surface area contributed by atoms with Crippen molar-refractivity contribution in [2.45, 2.75) is 26.7 Å². The van der Waals surface area contributed by atoms with Gasteiger partial charge >= 0.3 is 0 Å². The summed E-state index contributed by atoms with van der Waals surface area (Å²) in [6.07, 6.45) is 1.71. The van der Waals surface area contributed by atoms with Crippen LogP contribution < -0.4 is 5.32 Å². The highest BCUT2D eigenvalue weighted by atomic mass is 32.2. The average Bonchev–Trinajstić information content (AvgIpc) is 3.08. The van der Waals surface area contributed by atoms with Crippen LogP contribution in [0.5, 0.6) is 0 Å². The van der Waals surface area contributed by atoms with Gasteiger partial charge in [0.05, 0.1) is 5.75 Å². The minimum absolute atomic E-state index is 0.140. The second kappa shape index (κ2) is 10.7. The summed E-state index contributed by atoms with van der Waals surface area (Å²) < 4.78 is 24.8. The highest BCUT2D eigenvalue weighted by Gasteiger charge is 2.14. The van der Waals surface area contributed by atoms with Crippen LogP contribution in [0.4, 0.5) is 0 Å². The normalized spacial score (nSPS) is 12.6. The second-order valence-corrected chi connectivity index (χ2v) is 8.96. The minimum Gasteiger partial charge on any atom is -0.357 e. The van der Waals surface area contributed by atoms with Crippen molar-refractivity contribution in [3.05, 3.63) is 22.4 Å². The summed E-state index contributed by atoms with van der Waals surface area (Å²) >= 11 is 1.77. The van der Waals surface area contributed by atoms with E-state index in [2.05, 4.69) is 32.7 Å². The fourth-order valence-corrected chi connectivity index (χ4v) is 3.69. The van der Waals surface area contributed by atoms with E-state index in [-0.39, 0.29) is 5.75 Å². The van der Waals surface area contributed by atoms with Gasteiger partial charge in [-0.25, -0.2) is 12.7 Å². The molecule has 0 radical (unpaired) electrons. The molecule has 0 aliphatic heterocycles. The monoisotopic (exact) mass is 374 g/mol. The Hall–Kier alpha value is -1.12. The van der Waals surface area contributed by atoms with E-state index >= 15 is 0 Å². The third kappa shape index (κ3) is 7.19. The maximum absolute atomic E-state index is 11.7. The molecule has 1 heterocycles. The van der Waals surface area contributed by atoms with E-state index in [1.165, 1.54) is 9.18 Å². The summed E-state index contributed by atoms with van der Waals surface area (Å²) in [7, 11) is 0.557. The van der Waals surface area contributed by atoms with Gasteiger partial charge in [-0.1, -0.05) is 6.07 Å². The number of thiophene rings is 1. The number of likely N-dealkylation sites (N-methyl/N-ethyl adjacent to an activating group) is 1. The fraction of sp³-hybridized carbons (Fsp3) is 0.688. The summed E-state index contributed by atoms with van der Waals surface area (Å²) in [5, 5.41) is 5.38. The van der Waals surface area contributed by atoms with Crippen molar-refractivity contribution < 1.29 is 8.42 Å². The zero-order valence-electron chi connectivity index (χ0n) is 15.2. The molecule has 1 aromatic rings. The summed E-state index contributed by atoms with van der Waals surface area (Å²) in [5.74, 6) is 1.01. The van der Waals surface area contributed by atoms with Gasteiger partial charge < -0.3 is 10.2 Å². The van der Waals surface area contributed by atoms with Crippen LogP contribution in [0.2, 0.25) is 0 Å². The van der Waals surface area contributed by atoms with Gasteiger partial charge in [-0.15, -0.1) is 11.3 Å². The number of sulfonamides is 1. The van der Waals surface area contributed by atoms with E-state index < -0.39 is 10.0 Å². The van der Waals surface area contributed by atoms with Gasteiger partial charge in [0.15, 0.2) is 5.96 Å². The summed E-state index contributed by atoms with van der Waals surface area (Å²) in [6, 6.07) is 4.22. The molecule has 0 saturated heterocycles. The molecule has 0 bridgehead atoms. The number of hydrogen-bond acceptors (Lipinski definition) is 4. The molecule has 0 saturated carbocycles. The first-order valence-electron chi connectivity index (χ1n) is 8.36. The zero-order chi connectivity index (χ0) is 18.0. The Kier molecular flexibility index (Phi) is 9.31. The molecule has 0 aromatic carbocycles. The topological polar surface area (TPSA) is 65.0 Å². The van der Waals surface area contributed by atoms with Crippen molar-refractivity contribution in [2.24, 2.45) is 4.99 Å². The van der Waals surface area contributed by atoms with Crippen LogP contribution in [0.25, 0.3) is 0 Å². The Morgan fingerprint density at radius 2 is 2.04 bits per heavy atom. The molecular weight excluding hydrogens is 344 g/mol. The van der Waals surface area contributed by atoms with Crippen molar-refractivity contribution in [1.29, 1.82) is 0 Å². The van der Waals surface area contributed by atoms with E-state index in [1.807, 2.05) is 14.0 Å². The van der Waals surface area contributed by atoms with Gasteiger partial charge in [0.2, 0.25) is 10.0 Å². The molecule has 0 aliphatic rings. The van der Waals surface area contributed by atoms with Crippen LogP contribution in [0.1, 0.15) is 25.1 Å². The maximum atomic E-state index is 11.7. The maximum Gasteiger partial charge on any atom is 0.213 e. The Morgan fingerprint density at radius 3 is 2.62 bits per heavy atom. The molecule has 0 aliphatic carbocycles. The Bertz CT molecular complexity index is 585. The Labute approximate surface area is 150 Å². The van der Waals surface area contributed by atoms with Gasteiger partial charge in [0, 0.05) is 45.2 Å². The van der Waals surface area contributed by atoms with Crippen molar-refractivity contribution in [3.63, 3.8) is 0 Å². The molecule has 0 amide bonds. The fourth-order valence-electron chi connectivity index (χ4n) is 2.15. The molecule has 1 aromatic heterocycles. The summed E-state index contributed by atoms with van der Waals surface area (Å²) in [5.41, 5.74) is 0. The predicted octanol–water partition coefficient (Wildman–Crippen LogP) is 1.86. The average molecular weight is 375 g/mol. The number of aliphatic imine (C=N–C) groups is 1. The highest BCUT2D eigenvalue weighted by Crippen LogP contribution is 2.09. The molecular formula is C16H30N4O2S2. The number of guanidine groups is 1. The van der Waals surface area contributed by atoms with Crippen LogP contribution in [0.15, 0.2) is 22.5 Å². The summed E-state index contributed by atoms with van der Waals surface area (Å²) in [4.78, 5) is 8.09. The molecule has 1 N–H and O–H groups in total. The zero-order valence-corrected chi connectivity index (χ0v) is 16.8. The lowest BCUT2D eigenvalue weighted by molar-refractivity contribution is 0.461. The van der Waals surface area contributed by atoms with Gasteiger partial charge in [-0.05, 0) is 38.1 Å². The quantitative estimate of drug-likeness (QED) is 0.386. The first kappa shape index (κ1) is 20.9. The minimum atomic E-state index is -3.10. The molecule has 6 nitrogen and oxygen atoms in total. The standard InChI is InChI=1S/C16H30N4O2S2/c1-5-17-16(19(3)13-10-15-9-7-14-23-15)18-11-8-12-20(4)24(21,22)6-2/h7,9,14H,5-6,8,10-13H2,1-4H3,(H,17,18). The van der Waals surface area contributed by atoms with E-state index in [1.54, 1.807) is 25.3 Å². The van der Waals surface area contributed by atoms with Gasteiger partial charge in [-0.2, -0.15) is 0 Å². The van der Waals surface area contributed by atoms with Crippen molar-refractivity contribution in [1.82, 2.24) is 14.5 Å². The smallest absolute Gasteiger partial charge is 0.213 e. The van der Waals surface area contributed by atoms with E-state index in [0.717, 1.165) is 25.5 Å². The van der Waals surface area contributed by atoms with Crippen LogP contribution in [0.3, 0.4) is 0 Å². The van der Waals surface area contributed by atoms with Crippen molar-refractivity contribution in [2.75, 3.05) is 46.0 Å². The molecule has 0 fully saturated rings. The lowest BCUT2D eigenvalue weighted by atomic mass is 10.3. The molecule has 8 heteroatoms. The second-order valence-electron chi connectivity index (χ2n) is 5.56. The van der Waals surface area contributed by atoms with Crippen LogP contribution in [0, 0.1) is 0 Å². The van der Waals surface area contributed by atoms with Crippen molar-refractivity contribution in [3.8, 4) is 0 Å². The summed E-state index contributed by atoms with van der Waals surface area (Å²) in [6.45, 7) is 6.52. The van der Waals surface area contributed by atoms with Gasteiger partial charge in [-0.3, -0.25) is 4.99 Å². The van der Waals surface area contributed by atoms with Crippen LogP contribution in [-0.4, -0.2) is 69.6 Å². The van der Waals surface area contributed by atoms with Crippen molar-refractivity contribution >= 4 is 27.3 Å². The number of nitrogens with zero attached hydrogens (tertiary/aromatic N) is 3. The van der Waals surface area contributed by atoms with Gasteiger partial charge in [0.25, 0.3) is 0 Å². The molecule has 0 unspecified atom stereocenters. The number of nitrogens with one attached hydrogen (secondary N) is 1. The van der Waals surface area contributed by atoms with Crippen LogP contribution >= 0.6 is 11.3 Å². The largest absolute Gasteiger partial charge is 0.357 e. The van der Waals surface area contributed by atoms with E-state index in [0.29, 0.717) is 19.5 Å². The predicted molar refractivity (Wildman–Crippen MR) is 103 cm³/mol. The first-order valence-corrected chi connectivity index (χ1v) is 10.9. The molecule has 24 heavy (non-hydrogen) atoms. The lowest BCUT2D eigenvalue weighted by Gasteiger charge is -2.22. The SMILES string of the molecule is CCNC(=NCCCN(C)S(=O)(=O)CC)N(C)CCc1cccs1. The lowest BCUT2D eigenvalue weighted by Crippen LogP contribution is -2.40. The Balaban J connectivity index is 2.46. The highest BCUT2D eigenvalue weighted by molar-refractivity contribution is 7.89. The molecule has 0 atom stereocenters. The number of rotatable bonds is 10. The molecule has 138 valence electrons. The third-order valence-electron chi connectivity index (χ3n) is 3.70. The van der Waals surface area contributed by atoms with E-state index in [9.17, 15) is 8.42 Å². The Morgan fingerprint density at radius 1 is 1.29 bits per heavy atom. The van der Waals surface area contributed by atoms with Crippen LogP contribution in [-0.2, 0) is 16.4 Å². The third-order valence-corrected chi connectivity index (χ3v) is 6.50. The van der Waals surface area contributed by atoms with E-state index in [4.69, 9.17) is 0 Å². The molecule has 1 rings (SSSR count).